The highest BCUT2D eigenvalue weighted by molar-refractivity contribution is 6.42. The molecule has 0 heterocycles. The zero-order valence-electron chi connectivity index (χ0n) is 7.06. The van der Waals surface area contributed by atoms with E-state index in [1.165, 1.54) is 24.3 Å². The third-order valence-corrected chi connectivity index (χ3v) is 1.62. The monoisotopic (exact) mass is 193 g/mol. The fourth-order valence-corrected chi connectivity index (χ4v) is 0.906. The highest BCUT2D eigenvalue weighted by Gasteiger charge is 2.12. The van der Waals surface area contributed by atoms with E-state index in [2.05, 4.69) is 0 Å². The molecule has 14 heavy (non-hydrogen) atoms. The van der Waals surface area contributed by atoms with E-state index in [9.17, 15) is 14.4 Å². The minimum atomic E-state index is -1.09. The topological polar surface area (TPSA) is 97.5 Å². The van der Waals surface area contributed by atoms with Crippen LogP contribution in [0.1, 0.15) is 20.7 Å². The predicted octanol–water partition coefficient (Wildman–Crippen LogP) is 0.0528. The number of primary amides is 1. The van der Waals surface area contributed by atoms with Crippen LogP contribution in [0.3, 0.4) is 0 Å². The van der Waals surface area contributed by atoms with Crippen molar-refractivity contribution in [3.05, 3.63) is 35.4 Å². The Labute approximate surface area is 79.1 Å². The van der Waals surface area contributed by atoms with Gasteiger partial charge in [-0.3, -0.25) is 9.59 Å². The van der Waals surface area contributed by atoms with Crippen LogP contribution in [0, 0.1) is 0 Å². The first-order valence-electron chi connectivity index (χ1n) is 3.70. The van der Waals surface area contributed by atoms with Crippen molar-refractivity contribution < 1.29 is 19.5 Å². The van der Waals surface area contributed by atoms with Crippen molar-refractivity contribution >= 4 is 17.7 Å². The number of ketones is 1. The van der Waals surface area contributed by atoms with Crippen LogP contribution in [0.4, 0.5) is 0 Å². The lowest BCUT2D eigenvalue weighted by Gasteiger charge is -1.97. The van der Waals surface area contributed by atoms with Gasteiger partial charge >= 0.3 is 5.97 Å². The lowest BCUT2D eigenvalue weighted by atomic mass is 10.1. The number of carboxylic acid groups (broad SMARTS) is 1. The quantitative estimate of drug-likeness (QED) is 0.523. The Morgan fingerprint density at radius 2 is 1.43 bits per heavy atom. The molecule has 0 spiro atoms. The molecule has 5 nitrogen and oxygen atoms in total. The number of nitrogens with two attached hydrogens (primary N) is 1. The van der Waals surface area contributed by atoms with E-state index < -0.39 is 17.7 Å². The zero-order chi connectivity index (χ0) is 10.7. The number of benzene rings is 1. The Morgan fingerprint density at radius 3 is 1.79 bits per heavy atom. The molecular weight excluding hydrogens is 186 g/mol. The summed E-state index contributed by atoms with van der Waals surface area (Å²) in [6, 6.07) is 4.96. The van der Waals surface area contributed by atoms with Gasteiger partial charge in [-0.1, -0.05) is 0 Å². The Kier molecular flexibility index (Phi) is 2.62. The summed E-state index contributed by atoms with van der Waals surface area (Å²) in [5.41, 5.74) is 4.89. The van der Waals surface area contributed by atoms with Gasteiger partial charge in [0.2, 0.25) is 5.78 Å². The molecule has 0 radical (unpaired) electrons. The normalized spacial score (nSPS) is 9.43. The molecular formula is C9H7NO4. The molecule has 0 aliphatic carbocycles. The first-order valence-corrected chi connectivity index (χ1v) is 3.70. The molecule has 72 valence electrons. The lowest BCUT2D eigenvalue weighted by molar-refractivity contribution is -0.114. The molecule has 0 saturated heterocycles. The number of amides is 1. The maximum absolute atomic E-state index is 11.0. The smallest absolute Gasteiger partial charge is 0.335 e. The number of rotatable bonds is 3. The molecule has 1 rings (SSSR count). The molecule has 0 saturated carbocycles. The first-order chi connectivity index (χ1) is 6.52. The van der Waals surface area contributed by atoms with Crippen molar-refractivity contribution in [2.24, 2.45) is 5.73 Å². The standard InChI is InChI=1S/C9H7NO4/c10-8(12)7(11)5-1-3-6(4-2-5)9(13)14/h1-4H,(H2,10,12)(H,13,14). The third-order valence-electron chi connectivity index (χ3n) is 1.62. The first kappa shape index (κ1) is 9.91. The van der Waals surface area contributed by atoms with Gasteiger partial charge in [-0.25, -0.2) is 4.79 Å². The van der Waals surface area contributed by atoms with Crippen molar-refractivity contribution in [2.45, 2.75) is 0 Å². The number of carbonyl (C=O) groups excluding carboxylic acids is 2. The van der Waals surface area contributed by atoms with Crippen molar-refractivity contribution in [2.75, 3.05) is 0 Å². The average Bonchev–Trinajstić information content (AvgIpc) is 2.16. The predicted molar refractivity (Wildman–Crippen MR) is 46.9 cm³/mol. The largest absolute Gasteiger partial charge is 0.478 e. The summed E-state index contributed by atoms with van der Waals surface area (Å²) in [6.45, 7) is 0. The van der Waals surface area contributed by atoms with E-state index in [4.69, 9.17) is 10.8 Å². The SMILES string of the molecule is NC(=O)C(=O)c1ccc(C(=O)O)cc1. The number of carboxylic acids is 1. The van der Waals surface area contributed by atoms with E-state index in [0.29, 0.717) is 0 Å². The van der Waals surface area contributed by atoms with Gasteiger partial charge < -0.3 is 10.8 Å². The van der Waals surface area contributed by atoms with Crippen LogP contribution in [0.15, 0.2) is 24.3 Å². The fourth-order valence-electron chi connectivity index (χ4n) is 0.906. The molecule has 0 aliphatic rings. The average molecular weight is 193 g/mol. The highest BCUT2D eigenvalue weighted by Crippen LogP contribution is 2.04. The number of aromatic carboxylic acids is 1. The number of carbonyl (C=O) groups is 3. The van der Waals surface area contributed by atoms with Crippen molar-refractivity contribution in [1.82, 2.24) is 0 Å². The Balaban J connectivity index is 3.00. The number of hydrogen-bond acceptors (Lipinski definition) is 3. The van der Waals surface area contributed by atoms with Gasteiger partial charge in [0.05, 0.1) is 5.56 Å². The maximum atomic E-state index is 11.0. The molecule has 3 N–H and O–H groups in total. The van der Waals surface area contributed by atoms with Gasteiger partial charge in [-0.2, -0.15) is 0 Å². The summed E-state index contributed by atoms with van der Waals surface area (Å²) in [6.07, 6.45) is 0. The molecule has 0 aliphatic heterocycles. The van der Waals surface area contributed by atoms with Gasteiger partial charge in [0.15, 0.2) is 0 Å². The number of Topliss-reactive ketones (excluding diaryl/α,β-unsaturated/α-hetero) is 1. The van der Waals surface area contributed by atoms with Crippen LogP contribution < -0.4 is 5.73 Å². The van der Waals surface area contributed by atoms with Crippen LogP contribution in [0.5, 0.6) is 0 Å². The van der Waals surface area contributed by atoms with E-state index >= 15 is 0 Å². The van der Waals surface area contributed by atoms with Crippen LogP contribution in [0.25, 0.3) is 0 Å². The molecule has 1 amide bonds. The molecule has 0 atom stereocenters. The number of hydrogen-bond donors (Lipinski definition) is 2. The van der Waals surface area contributed by atoms with Gasteiger partial charge in [0.1, 0.15) is 0 Å². The Hall–Kier alpha value is -2.17. The van der Waals surface area contributed by atoms with Crippen molar-refractivity contribution in [1.29, 1.82) is 0 Å². The summed E-state index contributed by atoms with van der Waals surface area (Å²) in [4.78, 5) is 31.9. The molecule has 0 bridgehead atoms. The Morgan fingerprint density at radius 1 is 1.00 bits per heavy atom. The van der Waals surface area contributed by atoms with Gasteiger partial charge in [-0.15, -0.1) is 0 Å². The van der Waals surface area contributed by atoms with Gasteiger partial charge in [-0.05, 0) is 24.3 Å². The molecule has 0 fully saturated rings. The molecule has 1 aromatic carbocycles. The minimum Gasteiger partial charge on any atom is -0.478 e. The fraction of sp³-hybridized carbons (Fsp3) is 0. The molecule has 0 aromatic heterocycles. The van der Waals surface area contributed by atoms with Crippen LogP contribution >= 0.6 is 0 Å². The van der Waals surface area contributed by atoms with Gasteiger partial charge in [0.25, 0.3) is 5.91 Å². The van der Waals surface area contributed by atoms with E-state index in [1.807, 2.05) is 0 Å². The summed E-state index contributed by atoms with van der Waals surface area (Å²) in [7, 11) is 0. The molecule has 5 heteroatoms. The van der Waals surface area contributed by atoms with E-state index in [1.54, 1.807) is 0 Å². The third kappa shape index (κ3) is 1.95. The highest BCUT2D eigenvalue weighted by atomic mass is 16.4. The second kappa shape index (κ2) is 3.69. The minimum absolute atomic E-state index is 0.0472. The summed E-state index contributed by atoms with van der Waals surface area (Å²) in [5.74, 6) is -2.99. The lowest BCUT2D eigenvalue weighted by Crippen LogP contribution is -2.23. The summed E-state index contributed by atoms with van der Waals surface area (Å²) in [5, 5.41) is 8.55. The molecule has 1 aromatic rings. The zero-order valence-corrected chi connectivity index (χ0v) is 7.06. The van der Waals surface area contributed by atoms with Gasteiger partial charge in [0, 0.05) is 5.56 Å². The summed E-state index contributed by atoms with van der Waals surface area (Å²) >= 11 is 0. The second-order valence-corrected chi connectivity index (χ2v) is 2.58. The Bertz CT molecular complexity index is 394. The van der Waals surface area contributed by atoms with Crippen LogP contribution in [-0.2, 0) is 4.79 Å². The molecule has 0 unspecified atom stereocenters. The summed E-state index contributed by atoms with van der Waals surface area (Å²) < 4.78 is 0. The van der Waals surface area contributed by atoms with Crippen molar-refractivity contribution in [3.63, 3.8) is 0 Å². The second-order valence-electron chi connectivity index (χ2n) is 2.58. The van der Waals surface area contributed by atoms with Crippen molar-refractivity contribution in [3.8, 4) is 0 Å². The maximum Gasteiger partial charge on any atom is 0.335 e. The van der Waals surface area contributed by atoms with E-state index in [-0.39, 0.29) is 11.1 Å². The van der Waals surface area contributed by atoms with E-state index in [0.717, 1.165) is 0 Å². The van der Waals surface area contributed by atoms with Crippen LogP contribution in [-0.4, -0.2) is 22.8 Å². The van der Waals surface area contributed by atoms with Crippen LogP contribution in [0.2, 0.25) is 0 Å².